The largest absolute Gasteiger partial charge is 0.348 e. The molecule has 0 fully saturated rings. The number of benzene rings is 1. The van der Waals surface area contributed by atoms with Gasteiger partial charge in [0.1, 0.15) is 12.1 Å². The first-order valence-corrected chi connectivity index (χ1v) is 7.73. The zero-order chi connectivity index (χ0) is 16.4. The van der Waals surface area contributed by atoms with E-state index in [0.29, 0.717) is 5.95 Å². The van der Waals surface area contributed by atoms with Crippen LogP contribution < -0.4 is 5.32 Å². The smallest absolute Gasteiger partial charge is 0.225 e. The van der Waals surface area contributed by atoms with Crippen LogP contribution in [0.3, 0.4) is 0 Å². The molecule has 3 aromatic heterocycles. The van der Waals surface area contributed by atoms with Crippen LogP contribution in [-0.2, 0) is 0 Å². The van der Waals surface area contributed by atoms with E-state index >= 15 is 0 Å². The summed E-state index contributed by atoms with van der Waals surface area (Å²) in [5, 5.41) is 3.34. The Balaban J connectivity index is 1.64. The lowest BCUT2D eigenvalue weighted by Gasteiger charge is -2.14. The van der Waals surface area contributed by atoms with Gasteiger partial charge in [-0.15, -0.1) is 0 Å². The average molecular weight is 316 g/mol. The van der Waals surface area contributed by atoms with E-state index in [1.54, 1.807) is 24.9 Å². The van der Waals surface area contributed by atoms with Crippen molar-refractivity contribution in [2.45, 2.75) is 13.0 Å². The van der Waals surface area contributed by atoms with Crippen molar-refractivity contribution in [1.29, 1.82) is 0 Å². The number of anilines is 1. The van der Waals surface area contributed by atoms with E-state index in [-0.39, 0.29) is 6.04 Å². The Morgan fingerprint density at radius 1 is 1.00 bits per heavy atom. The van der Waals surface area contributed by atoms with Gasteiger partial charge in [0.25, 0.3) is 0 Å². The van der Waals surface area contributed by atoms with E-state index < -0.39 is 0 Å². The molecule has 0 unspecified atom stereocenters. The number of hydrogen-bond acceptors (Lipinski definition) is 5. The molecule has 1 aromatic carbocycles. The lowest BCUT2D eigenvalue weighted by atomic mass is 10.1. The molecule has 0 bridgehead atoms. The molecule has 1 atom stereocenters. The zero-order valence-corrected chi connectivity index (χ0v) is 13.2. The third-order valence-corrected chi connectivity index (χ3v) is 3.88. The van der Waals surface area contributed by atoms with Crippen LogP contribution in [0.15, 0.2) is 67.4 Å². The molecule has 3 heterocycles. The summed E-state index contributed by atoms with van der Waals surface area (Å²) in [5.74, 6) is 1.33. The van der Waals surface area contributed by atoms with Crippen LogP contribution in [0.1, 0.15) is 18.5 Å². The van der Waals surface area contributed by atoms with Crippen molar-refractivity contribution >= 4 is 17.0 Å². The molecule has 24 heavy (non-hydrogen) atoms. The minimum atomic E-state index is 0.114. The zero-order valence-electron chi connectivity index (χ0n) is 13.2. The number of fused-ring (bicyclic) bond motifs is 1. The monoisotopic (exact) mass is 316 g/mol. The van der Waals surface area contributed by atoms with Gasteiger partial charge >= 0.3 is 0 Å². The Kier molecular flexibility index (Phi) is 3.63. The SMILES string of the molecule is C[C@H](Nc1nccc(-n2cnc3ccncc32)n1)c1ccccc1. The number of hydrogen-bond donors (Lipinski definition) is 1. The molecular weight excluding hydrogens is 300 g/mol. The first-order chi connectivity index (χ1) is 11.8. The second-order valence-electron chi connectivity index (χ2n) is 5.49. The highest BCUT2D eigenvalue weighted by molar-refractivity contribution is 5.75. The van der Waals surface area contributed by atoms with Crippen molar-refractivity contribution in [2.24, 2.45) is 0 Å². The van der Waals surface area contributed by atoms with E-state index in [1.165, 1.54) is 5.56 Å². The normalized spacial score (nSPS) is 12.2. The van der Waals surface area contributed by atoms with Gasteiger partial charge in [-0.3, -0.25) is 9.55 Å². The van der Waals surface area contributed by atoms with Gasteiger partial charge in [0.2, 0.25) is 5.95 Å². The minimum Gasteiger partial charge on any atom is -0.348 e. The van der Waals surface area contributed by atoms with Crippen molar-refractivity contribution < 1.29 is 0 Å². The van der Waals surface area contributed by atoms with Crippen LogP contribution >= 0.6 is 0 Å². The first kappa shape index (κ1) is 14.3. The number of pyridine rings is 1. The molecule has 0 saturated carbocycles. The summed E-state index contributed by atoms with van der Waals surface area (Å²) in [6, 6.07) is 14.1. The Morgan fingerprint density at radius 2 is 1.88 bits per heavy atom. The molecular formula is C18H16N6. The maximum Gasteiger partial charge on any atom is 0.225 e. The van der Waals surface area contributed by atoms with Crippen molar-refractivity contribution in [3.05, 3.63) is 72.9 Å². The molecule has 0 aliphatic rings. The predicted octanol–water partition coefficient (Wildman–Crippen LogP) is 3.38. The quantitative estimate of drug-likeness (QED) is 0.625. The summed E-state index contributed by atoms with van der Waals surface area (Å²) >= 11 is 0. The molecule has 0 aliphatic carbocycles. The maximum absolute atomic E-state index is 4.60. The molecule has 0 radical (unpaired) electrons. The van der Waals surface area contributed by atoms with E-state index in [4.69, 9.17) is 0 Å². The number of nitrogens with one attached hydrogen (secondary N) is 1. The second-order valence-corrected chi connectivity index (χ2v) is 5.49. The maximum atomic E-state index is 4.60. The van der Waals surface area contributed by atoms with Crippen LogP contribution in [0.5, 0.6) is 0 Å². The third kappa shape index (κ3) is 2.69. The van der Waals surface area contributed by atoms with Crippen molar-refractivity contribution in [1.82, 2.24) is 24.5 Å². The van der Waals surface area contributed by atoms with Gasteiger partial charge in [0, 0.05) is 12.4 Å². The molecule has 0 saturated heterocycles. The van der Waals surface area contributed by atoms with Gasteiger partial charge in [0.15, 0.2) is 0 Å². The third-order valence-electron chi connectivity index (χ3n) is 3.88. The molecule has 118 valence electrons. The van der Waals surface area contributed by atoms with Crippen molar-refractivity contribution in [2.75, 3.05) is 5.32 Å². The standard InChI is InChI=1S/C18H16N6/c1-13(14-5-3-2-4-6-14)22-18-20-10-8-17(23-18)24-12-21-15-7-9-19-11-16(15)24/h2-13H,1H3,(H,20,22,23)/t13-/m0/s1. The lowest BCUT2D eigenvalue weighted by molar-refractivity contribution is 0.854. The van der Waals surface area contributed by atoms with Gasteiger partial charge < -0.3 is 5.32 Å². The number of aromatic nitrogens is 5. The predicted molar refractivity (Wildman–Crippen MR) is 92.9 cm³/mol. The van der Waals surface area contributed by atoms with E-state index in [2.05, 4.69) is 44.3 Å². The summed E-state index contributed by atoms with van der Waals surface area (Å²) in [7, 11) is 0. The van der Waals surface area contributed by atoms with Crippen LogP contribution in [0, 0.1) is 0 Å². The van der Waals surface area contributed by atoms with Crippen LogP contribution in [0.2, 0.25) is 0 Å². The fraction of sp³-hybridized carbons (Fsp3) is 0.111. The molecule has 0 aliphatic heterocycles. The van der Waals surface area contributed by atoms with E-state index in [9.17, 15) is 0 Å². The van der Waals surface area contributed by atoms with Gasteiger partial charge in [-0.2, -0.15) is 4.98 Å². The molecule has 4 aromatic rings. The van der Waals surface area contributed by atoms with Crippen LogP contribution in [0.25, 0.3) is 16.9 Å². The Labute approximate surface area is 139 Å². The lowest BCUT2D eigenvalue weighted by Crippen LogP contribution is -2.10. The second kappa shape index (κ2) is 6.08. The van der Waals surface area contributed by atoms with Gasteiger partial charge in [-0.05, 0) is 24.6 Å². The Hall–Kier alpha value is -3.28. The summed E-state index contributed by atoms with van der Waals surface area (Å²) in [4.78, 5) is 17.5. The van der Waals surface area contributed by atoms with Gasteiger partial charge in [0.05, 0.1) is 23.3 Å². The number of rotatable bonds is 4. The fourth-order valence-electron chi connectivity index (χ4n) is 2.61. The summed E-state index contributed by atoms with van der Waals surface area (Å²) < 4.78 is 1.91. The van der Waals surface area contributed by atoms with Crippen LogP contribution in [-0.4, -0.2) is 24.5 Å². The fourth-order valence-corrected chi connectivity index (χ4v) is 2.61. The minimum absolute atomic E-state index is 0.114. The molecule has 0 amide bonds. The summed E-state index contributed by atoms with van der Waals surface area (Å²) in [6.45, 7) is 2.09. The van der Waals surface area contributed by atoms with E-state index in [1.807, 2.05) is 34.9 Å². The Morgan fingerprint density at radius 3 is 2.75 bits per heavy atom. The molecule has 6 heteroatoms. The highest BCUT2D eigenvalue weighted by atomic mass is 15.2. The summed E-state index contributed by atoms with van der Waals surface area (Å²) in [5.41, 5.74) is 2.98. The summed E-state index contributed by atoms with van der Waals surface area (Å²) in [6.07, 6.45) is 7.00. The molecule has 4 rings (SSSR count). The van der Waals surface area contributed by atoms with Gasteiger partial charge in [-0.25, -0.2) is 9.97 Å². The van der Waals surface area contributed by atoms with Crippen LogP contribution in [0.4, 0.5) is 5.95 Å². The molecule has 1 N–H and O–H groups in total. The average Bonchev–Trinajstić information content (AvgIpc) is 3.07. The number of imidazole rings is 1. The highest BCUT2D eigenvalue weighted by Gasteiger charge is 2.09. The highest BCUT2D eigenvalue weighted by Crippen LogP contribution is 2.19. The first-order valence-electron chi connectivity index (χ1n) is 7.73. The van der Waals surface area contributed by atoms with Crippen molar-refractivity contribution in [3.63, 3.8) is 0 Å². The van der Waals surface area contributed by atoms with Crippen molar-refractivity contribution in [3.8, 4) is 5.82 Å². The molecule has 0 spiro atoms. The van der Waals surface area contributed by atoms with Gasteiger partial charge in [-0.1, -0.05) is 30.3 Å². The topological polar surface area (TPSA) is 68.5 Å². The number of nitrogens with zero attached hydrogens (tertiary/aromatic N) is 5. The Bertz CT molecular complexity index is 963. The molecule has 6 nitrogen and oxygen atoms in total. The van der Waals surface area contributed by atoms with E-state index in [0.717, 1.165) is 16.9 Å².